The van der Waals surface area contributed by atoms with Crippen molar-refractivity contribution >= 4 is 6.09 Å². The van der Waals surface area contributed by atoms with Gasteiger partial charge in [0.1, 0.15) is 24.2 Å². The normalized spacial score (nSPS) is 33.7. The van der Waals surface area contributed by atoms with E-state index in [-0.39, 0.29) is 12.1 Å². The van der Waals surface area contributed by atoms with Crippen LogP contribution in [0.4, 0.5) is 4.79 Å². The molecule has 0 bridgehead atoms. The minimum atomic E-state index is -0.363. The van der Waals surface area contributed by atoms with Gasteiger partial charge in [-0.1, -0.05) is 6.92 Å². The summed E-state index contributed by atoms with van der Waals surface area (Å²) in [5.41, 5.74) is 0. The Labute approximate surface area is 87.6 Å². The fourth-order valence-corrected chi connectivity index (χ4v) is 2.01. The van der Waals surface area contributed by atoms with E-state index in [1.54, 1.807) is 0 Å². The number of amides is 1. The van der Waals surface area contributed by atoms with Crippen molar-refractivity contribution in [1.82, 2.24) is 5.32 Å². The Kier molecular flexibility index (Phi) is 1.78. The fourth-order valence-electron chi connectivity index (χ4n) is 2.01. The van der Waals surface area contributed by atoms with E-state index in [0.717, 1.165) is 17.4 Å². The number of cyclic esters (lactones) is 1. The summed E-state index contributed by atoms with van der Waals surface area (Å²) in [6.07, 6.45) is 0.846. The molecular weight excluding hydrogens is 194 g/mol. The summed E-state index contributed by atoms with van der Waals surface area (Å²) in [6, 6.07) is 3.83. The van der Waals surface area contributed by atoms with Crippen LogP contribution in [0, 0.1) is 5.92 Å². The standard InChI is InChI=1S/C11H13NO3/c1-6-4-7(6)9-2-3-10(15-9)8-5-14-11(13)12-8/h2-3,6-8H,4-5H2,1H3,(H,12,13). The summed E-state index contributed by atoms with van der Waals surface area (Å²) in [4.78, 5) is 10.9. The topological polar surface area (TPSA) is 51.5 Å². The van der Waals surface area contributed by atoms with Gasteiger partial charge in [0.25, 0.3) is 0 Å². The van der Waals surface area contributed by atoms with Crippen LogP contribution >= 0.6 is 0 Å². The minimum absolute atomic E-state index is 0.111. The van der Waals surface area contributed by atoms with Crippen LogP contribution in [0.2, 0.25) is 0 Å². The van der Waals surface area contributed by atoms with Crippen molar-refractivity contribution in [3.05, 3.63) is 23.7 Å². The largest absolute Gasteiger partial charge is 0.463 e. The van der Waals surface area contributed by atoms with Crippen LogP contribution in [0.25, 0.3) is 0 Å². The molecule has 0 radical (unpaired) electrons. The zero-order valence-electron chi connectivity index (χ0n) is 8.53. The maximum absolute atomic E-state index is 10.9. The lowest BCUT2D eigenvalue weighted by atomic mass is 10.2. The van der Waals surface area contributed by atoms with Gasteiger partial charge in [0.15, 0.2) is 0 Å². The van der Waals surface area contributed by atoms with Gasteiger partial charge in [0.05, 0.1) is 0 Å². The molecule has 1 saturated heterocycles. The Morgan fingerprint density at radius 1 is 1.40 bits per heavy atom. The average molecular weight is 207 g/mol. The maximum atomic E-state index is 10.9. The molecule has 0 spiro atoms. The highest BCUT2D eigenvalue weighted by Crippen LogP contribution is 2.47. The Morgan fingerprint density at radius 2 is 2.13 bits per heavy atom. The van der Waals surface area contributed by atoms with Gasteiger partial charge >= 0.3 is 6.09 Å². The van der Waals surface area contributed by atoms with Crippen molar-refractivity contribution in [3.8, 4) is 0 Å². The number of ether oxygens (including phenoxy) is 1. The van der Waals surface area contributed by atoms with Crippen molar-refractivity contribution in [2.75, 3.05) is 6.61 Å². The number of hydrogen-bond acceptors (Lipinski definition) is 3. The van der Waals surface area contributed by atoms with Crippen molar-refractivity contribution < 1.29 is 13.9 Å². The number of carbonyl (C=O) groups is 1. The predicted molar refractivity (Wildman–Crippen MR) is 52.5 cm³/mol. The maximum Gasteiger partial charge on any atom is 0.407 e. The van der Waals surface area contributed by atoms with Crippen LogP contribution in [-0.2, 0) is 4.74 Å². The zero-order valence-corrected chi connectivity index (χ0v) is 8.53. The first-order chi connectivity index (χ1) is 7.24. The van der Waals surface area contributed by atoms with Crippen LogP contribution in [0.5, 0.6) is 0 Å². The molecule has 1 aromatic heterocycles. The third-order valence-electron chi connectivity index (χ3n) is 3.14. The molecule has 2 heterocycles. The Morgan fingerprint density at radius 3 is 2.73 bits per heavy atom. The second kappa shape index (κ2) is 3.02. The molecule has 1 amide bonds. The average Bonchev–Trinajstić information content (AvgIpc) is 2.71. The second-order valence-corrected chi connectivity index (χ2v) is 4.35. The second-order valence-electron chi connectivity index (χ2n) is 4.35. The highest BCUT2D eigenvalue weighted by atomic mass is 16.6. The summed E-state index contributed by atoms with van der Waals surface area (Å²) < 4.78 is 10.5. The quantitative estimate of drug-likeness (QED) is 0.808. The molecule has 1 saturated carbocycles. The van der Waals surface area contributed by atoms with Crippen LogP contribution < -0.4 is 5.32 Å². The van der Waals surface area contributed by atoms with E-state index in [4.69, 9.17) is 9.15 Å². The summed E-state index contributed by atoms with van der Waals surface area (Å²) in [6.45, 7) is 2.58. The molecule has 4 heteroatoms. The first-order valence-corrected chi connectivity index (χ1v) is 5.27. The number of alkyl carbamates (subject to hydrolysis) is 1. The first-order valence-electron chi connectivity index (χ1n) is 5.27. The van der Waals surface area contributed by atoms with Crippen molar-refractivity contribution in [1.29, 1.82) is 0 Å². The smallest absolute Gasteiger partial charge is 0.407 e. The molecule has 4 nitrogen and oxygen atoms in total. The Balaban J connectivity index is 1.76. The molecule has 3 rings (SSSR count). The predicted octanol–water partition coefficient (Wildman–Crippen LogP) is 2.18. The number of nitrogens with one attached hydrogen (secondary N) is 1. The van der Waals surface area contributed by atoms with Gasteiger partial charge in [-0.15, -0.1) is 0 Å². The van der Waals surface area contributed by atoms with Crippen LogP contribution in [-0.4, -0.2) is 12.7 Å². The van der Waals surface area contributed by atoms with Gasteiger partial charge in [-0.05, 0) is 24.5 Å². The van der Waals surface area contributed by atoms with E-state index < -0.39 is 0 Å². The Hall–Kier alpha value is -1.45. The lowest BCUT2D eigenvalue weighted by Gasteiger charge is -2.02. The molecule has 1 N–H and O–H groups in total. The molecule has 1 aliphatic carbocycles. The molecule has 15 heavy (non-hydrogen) atoms. The van der Waals surface area contributed by atoms with Gasteiger partial charge in [0.2, 0.25) is 0 Å². The van der Waals surface area contributed by atoms with Gasteiger partial charge < -0.3 is 14.5 Å². The number of rotatable bonds is 2. The lowest BCUT2D eigenvalue weighted by Crippen LogP contribution is -2.17. The van der Waals surface area contributed by atoms with E-state index in [2.05, 4.69) is 12.2 Å². The highest BCUT2D eigenvalue weighted by molar-refractivity contribution is 5.69. The Bertz CT molecular complexity index is 398. The summed E-state index contributed by atoms with van der Waals surface area (Å²) in [7, 11) is 0. The molecule has 2 aliphatic rings. The summed E-state index contributed by atoms with van der Waals surface area (Å²) >= 11 is 0. The fraction of sp³-hybridized carbons (Fsp3) is 0.545. The molecule has 80 valence electrons. The van der Waals surface area contributed by atoms with E-state index in [1.807, 2.05) is 12.1 Å². The number of furan rings is 1. The zero-order chi connectivity index (χ0) is 10.4. The minimum Gasteiger partial charge on any atom is -0.463 e. The molecule has 3 atom stereocenters. The first kappa shape index (κ1) is 8.83. The molecule has 0 aromatic carbocycles. The molecule has 3 unspecified atom stereocenters. The third kappa shape index (κ3) is 1.50. The number of carbonyl (C=O) groups excluding carboxylic acids is 1. The molecular formula is C11H13NO3. The SMILES string of the molecule is CC1CC1c1ccc(C2COC(=O)N2)o1. The van der Waals surface area contributed by atoms with Crippen molar-refractivity contribution in [2.24, 2.45) is 5.92 Å². The third-order valence-corrected chi connectivity index (χ3v) is 3.14. The van der Waals surface area contributed by atoms with E-state index >= 15 is 0 Å². The van der Waals surface area contributed by atoms with Crippen molar-refractivity contribution in [3.63, 3.8) is 0 Å². The van der Waals surface area contributed by atoms with Gasteiger partial charge in [-0.3, -0.25) is 0 Å². The summed E-state index contributed by atoms with van der Waals surface area (Å²) in [5.74, 6) is 3.16. The van der Waals surface area contributed by atoms with Gasteiger partial charge in [-0.2, -0.15) is 0 Å². The highest BCUT2D eigenvalue weighted by Gasteiger charge is 2.37. The van der Waals surface area contributed by atoms with Crippen LogP contribution in [0.15, 0.2) is 16.5 Å². The van der Waals surface area contributed by atoms with Crippen molar-refractivity contribution in [2.45, 2.75) is 25.3 Å². The monoisotopic (exact) mass is 207 g/mol. The van der Waals surface area contributed by atoms with Crippen LogP contribution in [0.1, 0.15) is 36.8 Å². The van der Waals surface area contributed by atoms with E-state index in [0.29, 0.717) is 12.5 Å². The number of hydrogen-bond donors (Lipinski definition) is 1. The molecule has 1 aromatic rings. The van der Waals surface area contributed by atoms with E-state index in [9.17, 15) is 4.79 Å². The summed E-state index contributed by atoms with van der Waals surface area (Å²) in [5, 5.41) is 2.70. The lowest BCUT2D eigenvalue weighted by molar-refractivity contribution is 0.176. The van der Waals surface area contributed by atoms with Crippen LogP contribution in [0.3, 0.4) is 0 Å². The van der Waals surface area contributed by atoms with Gasteiger partial charge in [0, 0.05) is 5.92 Å². The molecule has 1 aliphatic heterocycles. The van der Waals surface area contributed by atoms with E-state index in [1.165, 1.54) is 6.42 Å². The molecule has 2 fully saturated rings. The van der Waals surface area contributed by atoms with Gasteiger partial charge in [-0.25, -0.2) is 4.79 Å².